The molecule has 3 nitrogen and oxygen atoms in total. The molecule has 0 saturated heterocycles. The predicted molar refractivity (Wildman–Crippen MR) is 79.0 cm³/mol. The fourth-order valence-electron chi connectivity index (χ4n) is 2.01. The zero-order valence-corrected chi connectivity index (χ0v) is 11.4. The van der Waals surface area contributed by atoms with E-state index in [0.29, 0.717) is 5.13 Å². The third-order valence-corrected chi connectivity index (χ3v) is 3.80. The average molecular weight is 285 g/mol. The van der Waals surface area contributed by atoms with E-state index in [1.807, 2.05) is 18.3 Å². The first-order chi connectivity index (χ1) is 9.72. The van der Waals surface area contributed by atoms with Crippen molar-refractivity contribution in [1.82, 2.24) is 9.97 Å². The van der Waals surface area contributed by atoms with Gasteiger partial charge in [0.2, 0.25) is 0 Å². The third-order valence-electron chi connectivity index (χ3n) is 2.92. The first-order valence-corrected chi connectivity index (χ1v) is 6.94. The summed E-state index contributed by atoms with van der Waals surface area (Å²) in [5.74, 6) is -0.259. The molecule has 3 rings (SSSR count). The predicted octanol–water partition coefficient (Wildman–Crippen LogP) is 3.52. The Kier molecular flexibility index (Phi) is 3.43. The van der Waals surface area contributed by atoms with Gasteiger partial charge in [0, 0.05) is 29.3 Å². The van der Waals surface area contributed by atoms with Gasteiger partial charge in [0.1, 0.15) is 5.82 Å². The molecule has 0 unspecified atom stereocenters. The standard InChI is InChI=1S/C15H12FN3S/c16-12-5-3-11(4-6-12)14-13(20-15(17)19-14)8-10-2-1-7-18-9-10/h1-7,9H,8H2,(H2,17,19). The number of thiazole rings is 1. The highest BCUT2D eigenvalue weighted by Crippen LogP contribution is 2.31. The molecule has 3 aromatic rings. The number of rotatable bonds is 3. The maximum Gasteiger partial charge on any atom is 0.180 e. The Morgan fingerprint density at radius 1 is 1.15 bits per heavy atom. The molecular formula is C15H12FN3S. The number of aromatic nitrogens is 2. The molecule has 0 fully saturated rings. The molecule has 0 bridgehead atoms. The number of nitrogen functional groups attached to an aromatic ring is 1. The van der Waals surface area contributed by atoms with Gasteiger partial charge >= 0.3 is 0 Å². The summed E-state index contributed by atoms with van der Waals surface area (Å²) >= 11 is 1.45. The van der Waals surface area contributed by atoms with Crippen LogP contribution in [0, 0.1) is 5.82 Å². The van der Waals surface area contributed by atoms with E-state index in [9.17, 15) is 4.39 Å². The zero-order valence-electron chi connectivity index (χ0n) is 10.6. The number of hydrogen-bond acceptors (Lipinski definition) is 4. The van der Waals surface area contributed by atoms with E-state index in [1.165, 1.54) is 23.5 Å². The molecule has 0 aliphatic heterocycles. The fourth-order valence-corrected chi connectivity index (χ4v) is 2.90. The maximum absolute atomic E-state index is 13.0. The molecule has 2 aromatic heterocycles. The van der Waals surface area contributed by atoms with Crippen molar-refractivity contribution in [1.29, 1.82) is 0 Å². The molecule has 0 aliphatic carbocycles. The van der Waals surface area contributed by atoms with Crippen LogP contribution in [0.5, 0.6) is 0 Å². The van der Waals surface area contributed by atoms with E-state index in [4.69, 9.17) is 5.73 Å². The minimum absolute atomic E-state index is 0.259. The van der Waals surface area contributed by atoms with Crippen LogP contribution in [0.3, 0.4) is 0 Å². The molecular weight excluding hydrogens is 273 g/mol. The second-order valence-corrected chi connectivity index (χ2v) is 5.48. The van der Waals surface area contributed by atoms with Gasteiger partial charge in [-0.2, -0.15) is 0 Å². The molecule has 0 spiro atoms. The van der Waals surface area contributed by atoms with Crippen LogP contribution >= 0.6 is 11.3 Å². The Morgan fingerprint density at radius 2 is 1.95 bits per heavy atom. The van der Waals surface area contributed by atoms with Crippen molar-refractivity contribution in [2.45, 2.75) is 6.42 Å². The summed E-state index contributed by atoms with van der Waals surface area (Å²) < 4.78 is 13.0. The van der Waals surface area contributed by atoms with E-state index in [2.05, 4.69) is 9.97 Å². The highest BCUT2D eigenvalue weighted by molar-refractivity contribution is 7.15. The molecule has 100 valence electrons. The molecule has 0 aliphatic rings. The summed E-state index contributed by atoms with van der Waals surface area (Å²) in [6.07, 6.45) is 4.28. The Hall–Kier alpha value is -2.27. The molecule has 0 radical (unpaired) electrons. The van der Waals surface area contributed by atoms with Crippen LogP contribution in [0.15, 0.2) is 48.8 Å². The lowest BCUT2D eigenvalue weighted by Crippen LogP contribution is -1.90. The van der Waals surface area contributed by atoms with E-state index >= 15 is 0 Å². The quantitative estimate of drug-likeness (QED) is 0.801. The van der Waals surface area contributed by atoms with Gasteiger partial charge in [-0.25, -0.2) is 9.37 Å². The largest absolute Gasteiger partial charge is 0.375 e. The summed E-state index contributed by atoms with van der Waals surface area (Å²) in [6.45, 7) is 0. The number of hydrogen-bond donors (Lipinski definition) is 1. The second kappa shape index (κ2) is 5.38. The van der Waals surface area contributed by atoms with Gasteiger partial charge in [-0.1, -0.05) is 6.07 Å². The average Bonchev–Trinajstić information content (AvgIpc) is 2.81. The van der Waals surface area contributed by atoms with Crippen molar-refractivity contribution in [3.05, 3.63) is 65.0 Å². The van der Waals surface area contributed by atoms with Crippen LogP contribution in [0.25, 0.3) is 11.3 Å². The van der Waals surface area contributed by atoms with Gasteiger partial charge in [0.25, 0.3) is 0 Å². The Balaban J connectivity index is 1.98. The van der Waals surface area contributed by atoms with Crippen LogP contribution in [0.1, 0.15) is 10.4 Å². The van der Waals surface area contributed by atoms with Crippen molar-refractivity contribution in [2.75, 3.05) is 5.73 Å². The van der Waals surface area contributed by atoms with Crippen LogP contribution in [0.2, 0.25) is 0 Å². The SMILES string of the molecule is Nc1nc(-c2ccc(F)cc2)c(Cc2cccnc2)s1. The molecule has 1 aromatic carbocycles. The Morgan fingerprint density at radius 3 is 2.65 bits per heavy atom. The lowest BCUT2D eigenvalue weighted by molar-refractivity contribution is 0.628. The topological polar surface area (TPSA) is 51.8 Å². The highest BCUT2D eigenvalue weighted by atomic mass is 32.1. The van der Waals surface area contributed by atoms with Crippen molar-refractivity contribution in [2.24, 2.45) is 0 Å². The molecule has 0 saturated carbocycles. The van der Waals surface area contributed by atoms with E-state index in [0.717, 1.165) is 28.1 Å². The summed E-state index contributed by atoms with van der Waals surface area (Å²) in [5.41, 5.74) is 8.60. The van der Waals surface area contributed by atoms with E-state index < -0.39 is 0 Å². The zero-order chi connectivity index (χ0) is 13.9. The summed E-state index contributed by atoms with van der Waals surface area (Å²) in [7, 11) is 0. The molecule has 20 heavy (non-hydrogen) atoms. The number of nitrogens with zero attached hydrogens (tertiary/aromatic N) is 2. The molecule has 0 amide bonds. The normalized spacial score (nSPS) is 10.7. The van der Waals surface area contributed by atoms with Gasteiger partial charge < -0.3 is 5.73 Å². The number of halogens is 1. The minimum atomic E-state index is -0.259. The number of pyridine rings is 1. The number of benzene rings is 1. The van der Waals surface area contributed by atoms with Gasteiger partial charge in [-0.05, 0) is 35.9 Å². The fraction of sp³-hybridized carbons (Fsp3) is 0.0667. The minimum Gasteiger partial charge on any atom is -0.375 e. The number of anilines is 1. The third kappa shape index (κ3) is 2.67. The van der Waals surface area contributed by atoms with Crippen LogP contribution in [-0.2, 0) is 6.42 Å². The second-order valence-electron chi connectivity index (χ2n) is 4.37. The van der Waals surface area contributed by atoms with Gasteiger partial charge in [-0.15, -0.1) is 11.3 Å². The highest BCUT2D eigenvalue weighted by Gasteiger charge is 2.12. The van der Waals surface area contributed by atoms with Crippen molar-refractivity contribution in [3.63, 3.8) is 0 Å². The first kappa shape index (κ1) is 12.7. The van der Waals surface area contributed by atoms with Gasteiger partial charge in [0.15, 0.2) is 5.13 Å². The molecule has 2 heterocycles. The summed E-state index contributed by atoms with van der Waals surface area (Å²) in [5, 5.41) is 0.517. The van der Waals surface area contributed by atoms with Crippen LogP contribution in [0.4, 0.5) is 9.52 Å². The Bertz CT molecular complexity index is 708. The monoisotopic (exact) mass is 285 g/mol. The van der Waals surface area contributed by atoms with Crippen LogP contribution < -0.4 is 5.73 Å². The van der Waals surface area contributed by atoms with E-state index in [-0.39, 0.29) is 5.82 Å². The molecule has 2 N–H and O–H groups in total. The van der Waals surface area contributed by atoms with Crippen molar-refractivity contribution in [3.8, 4) is 11.3 Å². The summed E-state index contributed by atoms with van der Waals surface area (Å²) in [4.78, 5) is 9.52. The molecule has 5 heteroatoms. The number of nitrogens with two attached hydrogens (primary N) is 1. The first-order valence-electron chi connectivity index (χ1n) is 6.12. The molecule has 0 atom stereocenters. The Labute approximate surface area is 119 Å². The van der Waals surface area contributed by atoms with Gasteiger partial charge in [0.05, 0.1) is 5.69 Å². The van der Waals surface area contributed by atoms with Crippen molar-refractivity contribution < 1.29 is 4.39 Å². The van der Waals surface area contributed by atoms with Crippen LogP contribution in [-0.4, -0.2) is 9.97 Å². The summed E-state index contributed by atoms with van der Waals surface area (Å²) in [6, 6.07) is 10.2. The van der Waals surface area contributed by atoms with Gasteiger partial charge in [-0.3, -0.25) is 4.98 Å². The van der Waals surface area contributed by atoms with E-state index in [1.54, 1.807) is 18.3 Å². The van der Waals surface area contributed by atoms with Crippen molar-refractivity contribution >= 4 is 16.5 Å². The lowest BCUT2D eigenvalue weighted by Gasteiger charge is -2.02. The lowest BCUT2D eigenvalue weighted by atomic mass is 10.1. The smallest absolute Gasteiger partial charge is 0.180 e. The maximum atomic E-state index is 13.0.